The second-order valence-electron chi connectivity index (χ2n) is 5.23. The van der Waals surface area contributed by atoms with E-state index in [9.17, 15) is 4.39 Å². The molecule has 0 radical (unpaired) electrons. The van der Waals surface area contributed by atoms with E-state index in [1.165, 1.54) is 12.1 Å². The van der Waals surface area contributed by atoms with Crippen molar-refractivity contribution >= 4 is 0 Å². The van der Waals surface area contributed by atoms with Crippen LogP contribution in [0.3, 0.4) is 0 Å². The smallest absolute Gasteiger partial charge is 0.132 e. The fourth-order valence-electron chi connectivity index (χ4n) is 2.25. The molecule has 0 aliphatic heterocycles. The first-order chi connectivity index (χ1) is 10.1. The van der Waals surface area contributed by atoms with Crippen molar-refractivity contribution in [2.45, 2.75) is 33.2 Å². The van der Waals surface area contributed by atoms with Crippen molar-refractivity contribution in [3.05, 3.63) is 59.4 Å². The molecular weight excluding hydrogens is 265 g/mol. The molecule has 0 saturated carbocycles. The minimum absolute atomic E-state index is 0.210. The third-order valence-electron chi connectivity index (χ3n) is 3.44. The van der Waals surface area contributed by atoms with Crippen molar-refractivity contribution in [3.63, 3.8) is 0 Å². The predicted octanol–water partition coefficient (Wildman–Crippen LogP) is 4.99. The summed E-state index contributed by atoms with van der Waals surface area (Å²) < 4.78 is 19.2. The standard InChI is InChI=1S/C18H22FNO/c1-4-11-20-14(3)16-7-5-6-8-18(16)21-17-10-9-15(19)12-13(17)2/h5-10,12,14,20H,4,11H2,1-3H3. The zero-order chi connectivity index (χ0) is 15.2. The number of hydrogen-bond acceptors (Lipinski definition) is 2. The van der Waals surface area contributed by atoms with Crippen molar-refractivity contribution in [3.8, 4) is 11.5 Å². The lowest BCUT2D eigenvalue weighted by molar-refractivity contribution is 0.456. The molecule has 0 saturated heterocycles. The number of hydrogen-bond donors (Lipinski definition) is 1. The molecule has 2 rings (SSSR count). The minimum Gasteiger partial charge on any atom is -0.457 e. The molecule has 0 fully saturated rings. The maximum atomic E-state index is 13.2. The molecule has 21 heavy (non-hydrogen) atoms. The Balaban J connectivity index is 2.23. The van der Waals surface area contributed by atoms with E-state index in [4.69, 9.17) is 4.74 Å². The summed E-state index contributed by atoms with van der Waals surface area (Å²) in [5.41, 5.74) is 1.90. The summed E-state index contributed by atoms with van der Waals surface area (Å²) in [5.74, 6) is 1.25. The van der Waals surface area contributed by atoms with Gasteiger partial charge < -0.3 is 10.1 Å². The van der Waals surface area contributed by atoms with Crippen LogP contribution in [-0.4, -0.2) is 6.54 Å². The zero-order valence-corrected chi connectivity index (χ0v) is 12.8. The summed E-state index contributed by atoms with van der Waals surface area (Å²) in [7, 11) is 0. The Labute approximate surface area is 126 Å². The van der Waals surface area contributed by atoms with Gasteiger partial charge in [-0.05, 0) is 56.6 Å². The number of halogens is 1. The summed E-state index contributed by atoms with van der Waals surface area (Å²) in [6.07, 6.45) is 1.09. The SMILES string of the molecule is CCCNC(C)c1ccccc1Oc1ccc(F)cc1C. The Morgan fingerprint density at radius 3 is 2.62 bits per heavy atom. The van der Waals surface area contributed by atoms with Crippen LogP contribution < -0.4 is 10.1 Å². The monoisotopic (exact) mass is 287 g/mol. The second-order valence-corrected chi connectivity index (χ2v) is 5.23. The van der Waals surface area contributed by atoms with Gasteiger partial charge in [0.2, 0.25) is 0 Å². The first-order valence-corrected chi connectivity index (χ1v) is 7.38. The van der Waals surface area contributed by atoms with E-state index in [-0.39, 0.29) is 11.9 Å². The molecule has 0 aliphatic carbocycles. The van der Waals surface area contributed by atoms with Crippen LogP contribution in [0.25, 0.3) is 0 Å². The van der Waals surface area contributed by atoms with Crippen LogP contribution in [0.15, 0.2) is 42.5 Å². The van der Waals surface area contributed by atoms with Crippen LogP contribution in [0.4, 0.5) is 4.39 Å². The number of rotatable bonds is 6. The number of benzene rings is 2. The molecule has 1 unspecified atom stereocenters. The highest BCUT2D eigenvalue weighted by Gasteiger charge is 2.12. The van der Waals surface area contributed by atoms with Gasteiger partial charge in [0.25, 0.3) is 0 Å². The Bertz CT molecular complexity index is 598. The van der Waals surface area contributed by atoms with Crippen LogP contribution >= 0.6 is 0 Å². The highest BCUT2D eigenvalue weighted by molar-refractivity contribution is 5.42. The van der Waals surface area contributed by atoms with Crippen molar-refractivity contribution < 1.29 is 9.13 Å². The molecule has 2 aromatic carbocycles. The van der Waals surface area contributed by atoms with Gasteiger partial charge in [0.1, 0.15) is 17.3 Å². The molecule has 112 valence electrons. The van der Waals surface area contributed by atoms with Crippen LogP contribution in [0.1, 0.15) is 37.4 Å². The molecule has 2 aromatic rings. The normalized spacial score (nSPS) is 12.2. The van der Waals surface area contributed by atoms with Gasteiger partial charge in [-0.3, -0.25) is 0 Å². The van der Waals surface area contributed by atoms with Gasteiger partial charge in [0.05, 0.1) is 0 Å². The van der Waals surface area contributed by atoms with Crippen molar-refractivity contribution in [1.29, 1.82) is 0 Å². The van der Waals surface area contributed by atoms with Crippen LogP contribution in [0, 0.1) is 12.7 Å². The first-order valence-electron chi connectivity index (χ1n) is 7.38. The molecule has 0 aromatic heterocycles. The maximum Gasteiger partial charge on any atom is 0.132 e. The van der Waals surface area contributed by atoms with E-state index < -0.39 is 0 Å². The zero-order valence-electron chi connectivity index (χ0n) is 12.8. The summed E-state index contributed by atoms with van der Waals surface area (Å²) in [4.78, 5) is 0. The average Bonchev–Trinajstić information content (AvgIpc) is 2.48. The molecule has 0 bridgehead atoms. The van der Waals surface area contributed by atoms with E-state index >= 15 is 0 Å². The van der Waals surface area contributed by atoms with Crippen molar-refractivity contribution in [2.24, 2.45) is 0 Å². The summed E-state index contributed by atoms with van der Waals surface area (Å²) in [6, 6.07) is 12.7. The topological polar surface area (TPSA) is 21.3 Å². The highest BCUT2D eigenvalue weighted by atomic mass is 19.1. The summed E-state index contributed by atoms with van der Waals surface area (Å²) in [5, 5.41) is 3.46. The lowest BCUT2D eigenvalue weighted by Crippen LogP contribution is -2.19. The largest absolute Gasteiger partial charge is 0.457 e. The maximum absolute atomic E-state index is 13.2. The van der Waals surface area contributed by atoms with E-state index in [0.717, 1.165) is 29.8 Å². The Hall–Kier alpha value is -1.87. The molecule has 0 spiro atoms. The molecule has 2 nitrogen and oxygen atoms in total. The number of nitrogens with one attached hydrogen (secondary N) is 1. The van der Waals surface area contributed by atoms with Crippen molar-refractivity contribution in [2.75, 3.05) is 6.54 Å². The Morgan fingerprint density at radius 2 is 1.90 bits per heavy atom. The molecular formula is C18H22FNO. The average molecular weight is 287 g/mol. The fraction of sp³-hybridized carbons (Fsp3) is 0.333. The van der Waals surface area contributed by atoms with Gasteiger partial charge in [-0.1, -0.05) is 25.1 Å². The number of para-hydroxylation sites is 1. The quantitative estimate of drug-likeness (QED) is 0.808. The van der Waals surface area contributed by atoms with Crippen molar-refractivity contribution in [1.82, 2.24) is 5.32 Å². The molecule has 1 N–H and O–H groups in total. The Kier molecular flexibility index (Phi) is 5.34. The lowest BCUT2D eigenvalue weighted by atomic mass is 10.1. The summed E-state index contributed by atoms with van der Waals surface area (Å²) >= 11 is 0. The van der Waals surface area contributed by atoms with E-state index in [2.05, 4.69) is 25.2 Å². The van der Waals surface area contributed by atoms with Gasteiger partial charge in [0.15, 0.2) is 0 Å². The van der Waals surface area contributed by atoms with Crippen LogP contribution in [0.5, 0.6) is 11.5 Å². The van der Waals surface area contributed by atoms with E-state index in [0.29, 0.717) is 5.75 Å². The van der Waals surface area contributed by atoms with Crippen LogP contribution in [-0.2, 0) is 0 Å². The molecule has 0 aliphatic rings. The van der Waals surface area contributed by atoms with Gasteiger partial charge in [-0.25, -0.2) is 4.39 Å². The molecule has 0 heterocycles. The number of ether oxygens (including phenoxy) is 1. The highest BCUT2D eigenvalue weighted by Crippen LogP contribution is 2.31. The van der Waals surface area contributed by atoms with Gasteiger partial charge in [-0.2, -0.15) is 0 Å². The lowest BCUT2D eigenvalue weighted by Gasteiger charge is -2.18. The van der Waals surface area contributed by atoms with Gasteiger partial charge in [0, 0.05) is 11.6 Å². The fourth-order valence-corrected chi connectivity index (χ4v) is 2.25. The summed E-state index contributed by atoms with van der Waals surface area (Å²) in [6.45, 7) is 7.07. The first kappa shape index (κ1) is 15.5. The third kappa shape index (κ3) is 4.05. The van der Waals surface area contributed by atoms with Gasteiger partial charge >= 0.3 is 0 Å². The van der Waals surface area contributed by atoms with Gasteiger partial charge in [-0.15, -0.1) is 0 Å². The third-order valence-corrected chi connectivity index (χ3v) is 3.44. The molecule has 3 heteroatoms. The van der Waals surface area contributed by atoms with Crippen LogP contribution in [0.2, 0.25) is 0 Å². The minimum atomic E-state index is -0.244. The number of aryl methyl sites for hydroxylation is 1. The van der Waals surface area contributed by atoms with E-state index in [1.807, 2.05) is 25.1 Å². The Morgan fingerprint density at radius 1 is 1.14 bits per heavy atom. The van der Waals surface area contributed by atoms with E-state index in [1.54, 1.807) is 6.07 Å². The molecule has 0 amide bonds. The predicted molar refractivity (Wildman–Crippen MR) is 84.4 cm³/mol. The molecule has 1 atom stereocenters. The second kappa shape index (κ2) is 7.23.